The number of hydrogen-bond donors (Lipinski definition) is 0. The molecule has 0 saturated heterocycles. The molecule has 0 radical (unpaired) electrons. The van der Waals surface area contributed by atoms with Crippen LogP contribution in [0.3, 0.4) is 0 Å². The Hall–Kier alpha value is -3.59. The highest BCUT2D eigenvalue weighted by Crippen LogP contribution is 2.46. The normalized spacial score (nSPS) is 11.0. The van der Waals surface area contributed by atoms with Crippen molar-refractivity contribution < 1.29 is 33.2 Å². The molecule has 3 rings (SSSR count). The van der Waals surface area contributed by atoms with Crippen LogP contribution in [0.2, 0.25) is 0 Å². The third-order valence-corrected chi connectivity index (χ3v) is 5.63. The van der Waals surface area contributed by atoms with Gasteiger partial charge in [-0.2, -0.15) is 0 Å². The summed E-state index contributed by atoms with van der Waals surface area (Å²) >= 11 is 0. The Morgan fingerprint density at radius 3 is 1.76 bits per heavy atom. The summed E-state index contributed by atoms with van der Waals surface area (Å²) in [5.41, 5.74) is 1.64. The second-order valence-corrected chi connectivity index (χ2v) is 7.82. The monoisotopic (exact) mass is 472 g/mol. The van der Waals surface area contributed by atoms with Gasteiger partial charge in [0.2, 0.25) is 11.5 Å². The Morgan fingerprint density at radius 1 is 0.765 bits per heavy atom. The average molecular weight is 473 g/mol. The van der Waals surface area contributed by atoms with Crippen LogP contribution in [0.5, 0.6) is 34.5 Å². The highest BCUT2D eigenvalue weighted by atomic mass is 16.5. The van der Waals surface area contributed by atoms with E-state index in [1.54, 1.807) is 26.4 Å². The van der Waals surface area contributed by atoms with Gasteiger partial charge in [-0.05, 0) is 26.2 Å². The van der Waals surface area contributed by atoms with Crippen molar-refractivity contribution in [2.45, 2.75) is 6.54 Å². The molecule has 0 saturated carbocycles. The lowest BCUT2D eigenvalue weighted by Crippen LogP contribution is -2.18. The van der Waals surface area contributed by atoms with Crippen LogP contribution < -0.4 is 28.4 Å². The maximum Gasteiger partial charge on any atom is 0.204 e. The largest absolute Gasteiger partial charge is 0.493 e. The summed E-state index contributed by atoms with van der Waals surface area (Å²) < 4.78 is 35.2. The van der Waals surface area contributed by atoms with E-state index in [0.717, 1.165) is 12.1 Å². The fraction of sp³-hybridized carbons (Fsp3) is 0.400. The zero-order valence-electron chi connectivity index (χ0n) is 21.0. The number of ketones is 1. The van der Waals surface area contributed by atoms with Crippen LogP contribution in [-0.4, -0.2) is 78.5 Å². The van der Waals surface area contributed by atoms with Crippen LogP contribution in [0.4, 0.5) is 0 Å². The Kier molecular flexibility index (Phi) is 7.78. The van der Waals surface area contributed by atoms with Gasteiger partial charge in [0.05, 0.1) is 59.1 Å². The van der Waals surface area contributed by atoms with Gasteiger partial charge in [0, 0.05) is 30.9 Å². The van der Waals surface area contributed by atoms with Crippen LogP contribution in [0.25, 0.3) is 10.9 Å². The standard InChI is InChI=1S/C25H32N2O7/c1-26(2)9-10-27-14-16(21-17(27)13-20(31-5)24(33-7)25(21)34-8)22(28)15-11-18(29-3)23(32-6)19(12-15)30-4/h11-14H,9-10H2,1-8H3. The van der Waals surface area contributed by atoms with Gasteiger partial charge in [-0.3, -0.25) is 4.79 Å². The van der Waals surface area contributed by atoms with Gasteiger partial charge in [0.15, 0.2) is 28.8 Å². The number of rotatable bonds is 11. The minimum Gasteiger partial charge on any atom is -0.493 e. The van der Waals surface area contributed by atoms with Crippen LogP contribution in [0.15, 0.2) is 24.4 Å². The second-order valence-electron chi connectivity index (χ2n) is 7.82. The van der Waals surface area contributed by atoms with Gasteiger partial charge in [-0.15, -0.1) is 0 Å². The maximum atomic E-state index is 13.9. The van der Waals surface area contributed by atoms with E-state index < -0.39 is 0 Å². The van der Waals surface area contributed by atoms with Gasteiger partial charge in [-0.1, -0.05) is 0 Å². The van der Waals surface area contributed by atoms with Gasteiger partial charge < -0.3 is 37.9 Å². The molecule has 0 amide bonds. The number of ether oxygens (including phenoxy) is 6. The number of hydrogen-bond acceptors (Lipinski definition) is 8. The highest BCUT2D eigenvalue weighted by Gasteiger charge is 2.27. The number of benzene rings is 2. The summed E-state index contributed by atoms with van der Waals surface area (Å²) in [6.07, 6.45) is 1.83. The minimum absolute atomic E-state index is 0.224. The lowest BCUT2D eigenvalue weighted by Gasteiger charge is -2.16. The first-order chi connectivity index (χ1) is 16.3. The van der Waals surface area contributed by atoms with E-state index in [0.29, 0.717) is 57.6 Å². The van der Waals surface area contributed by atoms with Crippen molar-refractivity contribution in [3.05, 3.63) is 35.5 Å². The molecule has 0 spiro atoms. The smallest absolute Gasteiger partial charge is 0.204 e. The number of fused-ring (bicyclic) bond motifs is 1. The molecule has 34 heavy (non-hydrogen) atoms. The summed E-state index contributed by atoms with van der Waals surface area (Å²) in [5, 5.41) is 0.637. The first-order valence-corrected chi connectivity index (χ1v) is 10.7. The topological polar surface area (TPSA) is 80.6 Å². The third-order valence-electron chi connectivity index (χ3n) is 5.63. The van der Waals surface area contributed by atoms with Crippen LogP contribution >= 0.6 is 0 Å². The SMILES string of the molecule is COc1cc(C(=O)c2cn(CCN(C)C)c3cc(OC)c(OC)c(OC)c23)cc(OC)c1OC. The lowest BCUT2D eigenvalue weighted by atomic mass is 10.0. The molecule has 0 fully saturated rings. The average Bonchev–Trinajstić information content (AvgIpc) is 3.22. The fourth-order valence-corrected chi connectivity index (χ4v) is 3.95. The molecule has 3 aromatic rings. The number of methoxy groups -OCH3 is 6. The lowest BCUT2D eigenvalue weighted by molar-refractivity contribution is 0.103. The predicted octanol–water partition coefficient (Wildman–Crippen LogP) is 3.49. The molecule has 0 atom stereocenters. The van der Waals surface area contributed by atoms with Crippen molar-refractivity contribution in [3.63, 3.8) is 0 Å². The number of aromatic nitrogens is 1. The number of carbonyl (C=O) groups is 1. The number of likely N-dealkylation sites (N-methyl/N-ethyl adjacent to an activating group) is 1. The van der Waals surface area contributed by atoms with Gasteiger partial charge >= 0.3 is 0 Å². The van der Waals surface area contributed by atoms with Crippen molar-refractivity contribution in [3.8, 4) is 34.5 Å². The van der Waals surface area contributed by atoms with Gasteiger partial charge in [-0.25, -0.2) is 0 Å². The fourth-order valence-electron chi connectivity index (χ4n) is 3.95. The summed E-state index contributed by atoms with van der Waals surface area (Å²) in [4.78, 5) is 15.9. The van der Waals surface area contributed by atoms with Crippen LogP contribution in [0, 0.1) is 0 Å². The first kappa shape index (κ1) is 25.0. The summed E-state index contributed by atoms with van der Waals surface area (Å²) in [5.74, 6) is 2.35. The molecule has 0 unspecified atom stereocenters. The van der Waals surface area contributed by atoms with E-state index in [-0.39, 0.29) is 5.78 Å². The van der Waals surface area contributed by atoms with Crippen molar-refractivity contribution in [2.24, 2.45) is 0 Å². The molecule has 1 aromatic heterocycles. The Labute approximate surface area is 199 Å². The maximum absolute atomic E-state index is 13.9. The number of carbonyl (C=O) groups excluding carboxylic acids is 1. The van der Waals surface area contributed by atoms with E-state index in [1.165, 1.54) is 28.4 Å². The molecule has 0 N–H and O–H groups in total. The van der Waals surface area contributed by atoms with E-state index >= 15 is 0 Å². The van der Waals surface area contributed by atoms with E-state index in [1.807, 2.05) is 30.9 Å². The quantitative estimate of drug-likeness (QED) is 0.393. The first-order valence-electron chi connectivity index (χ1n) is 10.7. The molecular formula is C25H32N2O7. The Balaban J connectivity index is 2.30. The molecule has 0 aliphatic heterocycles. The molecule has 9 nitrogen and oxygen atoms in total. The van der Waals surface area contributed by atoms with E-state index in [2.05, 4.69) is 4.90 Å². The summed E-state index contributed by atoms with van der Waals surface area (Å²) in [7, 11) is 13.2. The molecule has 0 aliphatic carbocycles. The Morgan fingerprint density at radius 2 is 1.29 bits per heavy atom. The van der Waals surface area contributed by atoms with Crippen LogP contribution in [-0.2, 0) is 6.54 Å². The Bertz CT molecular complexity index is 1160. The van der Waals surface area contributed by atoms with Gasteiger partial charge in [0.25, 0.3) is 0 Å². The van der Waals surface area contributed by atoms with E-state index in [9.17, 15) is 4.79 Å². The molecule has 1 heterocycles. The molecule has 184 valence electrons. The third kappa shape index (κ3) is 4.43. The zero-order valence-corrected chi connectivity index (χ0v) is 21.0. The van der Waals surface area contributed by atoms with E-state index in [4.69, 9.17) is 28.4 Å². The van der Waals surface area contributed by atoms with Crippen LogP contribution in [0.1, 0.15) is 15.9 Å². The number of nitrogens with zero attached hydrogens (tertiary/aromatic N) is 2. The minimum atomic E-state index is -0.224. The molecule has 9 heteroatoms. The summed E-state index contributed by atoms with van der Waals surface area (Å²) in [6.45, 7) is 1.43. The second kappa shape index (κ2) is 10.6. The van der Waals surface area contributed by atoms with Crippen molar-refractivity contribution in [1.82, 2.24) is 9.47 Å². The zero-order chi connectivity index (χ0) is 25.0. The summed E-state index contributed by atoms with van der Waals surface area (Å²) in [6, 6.07) is 5.14. The van der Waals surface area contributed by atoms with Crippen molar-refractivity contribution >= 4 is 16.7 Å². The predicted molar refractivity (Wildman–Crippen MR) is 130 cm³/mol. The highest BCUT2D eigenvalue weighted by molar-refractivity contribution is 6.18. The molecule has 0 aliphatic rings. The van der Waals surface area contributed by atoms with Gasteiger partial charge in [0.1, 0.15) is 0 Å². The molecule has 2 aromatic carbocycles. The molecular weight excluding hydrogens is 440 g/mol. The van der Waals surface area contributed by atoms with Crippen molar-refractivity contribution in [2.75, 3.05) is 63.3 Å². The molecule has 0 bridgehead atoms. The van der Waals surface area contributed by atoms with Crippen molar-refractivity contribution in [1.29, 1.82) is 0 Å².